The maximum absolute atomic E-state index is 12.0. The second-order valence-corrected chi connectivity index (χ2v) is 7.15. The first-order valence-corrected chi connectivity index (χ1v) is 6.78. The number of ether oxygens (including phenoxy) is 1. The highest BCUT2D eigenvalue weighted by Crippen LogP contribution is 2.20. The molecule has 0 aliphatic carbocycles. The lowest BCUT2D eigenvalue weighted by Crippen LogP contribution is -2.45. The Bertz CT molecular complexity index is 319. The summed E-state index contributed by atoms with van der Waals surface area (Å²) >= 11 is 0. The molecule has 1 N–H and O–H groups in total. The molecule has 0 radical (unpaired) electrons. The second-order valence-electron chi connectivity index (χ2n) is 7.15. The standard InChI is InChI=1S/C14H26N2O3/c1-13(2,3)15-11(17)10-7-8-16(9-10)12(18)19-14(4,5)6/h10H,7-9H2,1-6H3,(H,15,17)/t10-/m1/s1. The van der Waals surface area contributed by atoms with Crippen LogP contribution in [-0.2, 0) is 9.53 Å². The highest BCUT2D eigenvalue weighted by atomic mass is 16.6. The topological polar surface area (TPSA) is 58.6 Å². The molecule has 1 aliphatic rings. The molecule has 0 aromatic carbocycles. The molecule has 5 nitrogen and oxygen atoms in total. The van der Waals surface area contributed by atoms with Gasteiger partial charge in [-0.25, -0.2) is 4.79 Å². The van der Waals surface area contributed by atoms with Crippen molar-refractivity contribution >= 4 is 12.0 Å². The molecule has 0 unspecified atom stereocenters. The molecule has 1 saturated heterocycles. The van der Waals surface area contributed by atoms with Crippen LogP contribution in [0.25, 0.3) is 0 Å². The van der Waals surface area contributed by atoms with E-state index in [2.05, 4.69) is 5.32 Å². The summed E-state index contributed by atoms with van der Waals surface area (Å²) in [6.45, 7) is 12.4. The van der Waals surface area contributed by atoms with Crippen LogP contribution in [-0.4, -0.2) is 41.1 Å². The summed E-state index contributed by atoms with van der Waals surface area (Å²) in [4.78, 5) is 25.5. The minimum atomic E-state index is -0.497. The molecule has 110 valence electrons. The van der Waals surface area contributed by atoms with E-state index >= 15 is 0 Å². The molecule has 5 heteroatoms. The van der Waals surface area contributed by atoms with E-state index in [0.29, 0.717) is 19.5 Å². The number of carbonyl (C=O) groups excluding carboxylic acids is 2. The molecule has 1 heterocycles. The SMILES string of the molecule is CC(C)(C)NC(=O)[C@@H]1CCN(C(=O)OC(C)(C)C)C1. The van der Waals surface area contributed by atoms with Gasteiger partial charge in [0.1, 0.15) is 5.60 Å². The van der Waals surface area contributed by atoms with E-state index in [1.807, 2.05) is 41.5 Å². The van der Waals surface area contributed by atoms with Crippen LogP contribution < -0.4 is 5.32 Å². The van der Waals surface area contributed by atoms with E-state index in [-0.39, 0.29) is 23.5 Å². The van der Waals surface area contributed by atoms with E-state index in [1.165, 1.54) is 0 Å². The van der Waals surface area contributed by atoms with Crippen molar-refractivity contribution in [2.45, 2.75) is 59.1 Å². The lowest BCUT2D eigenvalue weighted by molar-refractivity contribution is -0.126. The third-order valence-electron chi connectivity index (χ3n) is 2.71. The number of hydrogen-bond donors (Lipinski definition) is 1. The number of likely N-dealkylation sites (tertiary alicyclic amines) is 1. The Balaban J connectivity index is 2.50. The molecule has 2 amide bonds. The minimum Gasteiger partial charge on any atom is -0.444 e. The number of nitrogens with one attached hydrogen (secondary N) is 1. The Labute approximate surface area is 115 Å². The molecule has 1 rings (SSSR count). The van der Waals surface area contributed by atoms with Gasteiger partial charge in [-0.2, -0.15) is 0 Å². The normalized spacial score (nSPS) is 20.3. The van der Waals surface area contributed by atoms with Crippen LogP contribution in [0, 0.1) is 5.92 Å². The maximum Gasteiger partial charge on any atom is 0.410 e. The molecular formula is C14H26N2O3. The largest absolute Gasteiger partial charge is 0.444 e. The minimum absolute atomic E-state index is 0.0126. The van der Waals surface area contributed by atoms with Crippen molar-refractivity contribution in [3.63, 3.8) is 0 Å². The van der Waals surface area contributed by atoms with Crippen LogP contribution in [0.1, 0.15) is 48.0 Å². The lowest BCUT2D eigenvalue weighted by atomic mass is 10.0. The van der Waals surface area contributed by atoms with Crippen LogP contribution in [0.2, 0.25) is 0 Å². The van der Waals surface area contributed by atoms with Crippen LogP contribution >= 0.6 is 0 Å². The van der Waals surface area contributed by atoms with Crippen molar-refractivity contribution in [1.82, 2.24) is 10.2 Å². The average molecular weight is 270 g/mol. The van der Waals surface area contributed by atoms with Gasteiger partial charge in [-0.3, -0.25) is 4.79 Å². The summed E-state index contributed by atoms with van der Waals surface area (Å²) in [7, 11) is 0. The van der Waals surface area contributed by atoms with Gasteiger partial charge in [-0.05, 0) is 48.0 Å². The van der Waals surface area contributed by atoms with E-state index in [4.69, 9.17) is 4.74 Å². The van der Waals surface area contributed by atoms with Crippen LogP contribution in [0.15, 0.2) is 0 Å². The van der Waals surface area contributed by atoms with Gasteiger partial charge in [0, 0.05) is 18.6 Å². The van der Waals surface area contributed by atoms with Gasteiger partial charge in [0.05, 0.1) is 5.92 Å². The van der Waals surface area contributed by atoms with E-state index in [9.17, 15) is 9.59 Å². The van der Waals surface area contributed by atoms with Crippen LogP contribution in [0.4, 0.5) is 4.79 Å². The Morgan fingerprint density at radius 1 is 1.16 bits per heavy atom. The van der Waals surface area contributed by atoms with E-state index < -0.39 is 5.60 Å². The monoisotopic (exact) mass is 270 g/mol. The smallest absolute Gasteiger partial charge is 0.410 e. The highest BCUT2D eigenvalue weighted by molar-refractivity contribution is 5.81. The zero-order chi connectivity index (χ0) is 14.8. The number of carbonyl (C=O) groups is 2. The molecule has 19 heavy (non-hydrogen) atoms. The maximum atomic E-state index is 12.0. The van der Waals surface area contributed by atoms with Crippen LogP contribution in [0.5, 0.6) is 0 Å². The first-order chi connectivity index (χ1) is 8.48. The second kappa shape index (κ2) is 5.39. The highest BCUT2D eigenvalue weighted by Gasteiger charge is 2.34. The molecular weight excluding hydrogens is 244 g/mol. The van der Waals surface area contributed by atoms with Gasteiger partial charge < -0.3 is 15.0 Å². The summed E-state index contributed by atoms with van der Waals surface area (Å²) in [5.74, 6) is -0.120. The molecule has 1 atom stereocenters. The summed E-state index contributed by atoms with van der Waals surface area (Å²) in [6, 6.07) is 0. The van der Waals surface area contributed by atoms with Crippen molar-refractivity contribution in [3.8, 4) is 0 Å². The predicted octanol–water partition coefficient (Wildman–Crippen LogP) is 2.16. The lowest BCUT2D eigenvalue weighted by Gasteiger charge is -2.25. The van der Waals surface area contributed by atoms with Crippen molar-refractivity contribution in [2.75, 3.05) is 13.1 Å². The van der Waals surface area contributed by atoms with Crippen molar-refractivity contribution < 1.29 is 14.3 Å². The fourth-order valence-electron chi connectivity index (χ4n) is 1.94. The summed E-state index contributed by atoms with van der Waals surface area (Å²) in [5.41, 5.74) is -0.737. The number of nitrogens with zero attached hydrogens (tertiary/aromatic N) is 1. The first kappa shape index (κ1) is 15.8. The average Bonchev–Trinajstić information content (AvgIpc) is 2.60. The molecule has 0 aromatic rings. The Kier molecular flexibility index (Phi) is 4.48. The zero-order valence-electron chi connectivity index (χ0n) is 12.9. The number of hydrogen-bond acceptors (Lipinski definition) is 3. The summed E-state index contributed by atoms with van der Waals surface area (Å²) in [6.07, 6.45) is 0.361. The van der Waals surface area contributed by atoms with Gasteiger partial charge in [-0.1, -0.05) is 0 Å². The third-order valence-corrected chi connectivity index (χ3v) is 2.71. The van der Waals surface area contributed by atoms with E-state index in [0.717, 1.165) is 0 Å². The molecule has 0 spiro atoms. The number of rotatable bonds is 1. The zero-order valence-corrected chi connectivity index (χ0v) is 12.9. The number of amides is 2. The molecule has 0 aromatic heterocycles. The quantitative estimate of drug-likeness (QED) is 0.794. The Morgan fingerprint density at radius 3 is 2.21 bits per heavy atom. The van der Waals surface area contributed by atoms with Crippen molar-refractivity contribution in [2.24, 2.45) is 5.92 Å². The predicted molar refractivity (Wildman–Crippen MR) is 73.8 cm³/mol. The third kappa shape index (κ3) is 5.49. The Morgan fingerprint density at radius 2 is 1.74 bits per heavy atom. The van der Waals surface area contributed by atoms with Gasteiger partial charge in [0.25, 0.3) is 0 Å². The molecule has 1 fully saturated rings. The van der Waals surface area contributed by atoms with Gasteiger partial charge >= 0.3 is 6.09 Å². The van der Waals surface area contributed by atoms with Gasteiger partial charge in [0.2, 0.25) is 5.91 Å². The van der Waals surface area contributed by atoms with Gasteiger partial charge in [-0.15, -0.1) is 0 Å². The van der Waals surface area contributed by atoms with Crippen molar-refractivity contribution in [1.29, 1.82) is 0 Å². The van der Waals surface area contributed by atoms with E-state index in [1.54, 1.807) is 4.90 Å². The molecule has 0 saturated carbocycles. The summed E-state index contributed by atoms with van der Waals surface area (Å²) < 4.78 is 5.31. The fraction of sp³-hybridized carbons (Fsp3) is 0.857. The first-order valence-electron chi connectivity index (χ1n) is 6.78. The van der Waals surface area contributed by atoms with Gasteiger partial charge in [0.15, 0.2) is 0 Å². The van der Waals surface area contributed by atoms with Crippen LogP contribution in [0.3, 0.4) is 0 Å². The molecule has 0 bridgehead atoms. The Hall–Kier alpha value is -1.26. The fourth-order valence-corrected chi connectivity index (χ4v) is 1.94. The summed E-state index contributed by atoms with van der Waals surface area (Å²) in [5, 5.41) is 2.95. The molecule has 1 aliphatic heterocycles. The van der Waals surface area contributed by atoms with Crippen molar-refractivity contribution in [3.05, 3.63) is 0 Å².